The summed E-state index contributed by atoms with van der Waals surface area (Å²) in [6, 6.07) is 13.7. The number of carbonyl (C=O) groups excluding carboxylic acids is 2. The first-order chi connectivity index (χ1) is 19.9. The van der Waals surface area contributed by atoms with E-state index in [0.29, 0.717) is 34.2 Å². The number of nitrogens with zero attached hydrogens (tertiary/aromatic N) is 3. The molecule has 0 bridgehead atoms. The summed E-state index contributed by atoms with van der Waals surface area (Å²) in [7, 11) is 0. The Balaban J connectivity index is 1.22. The first-order valence-corrected chi connectivity index (χ1v) is 14.4. The van der Waals surface area contributed by atoms with Gasteiger partial charge in [0.25, 0.3) is 5.56 Å². The van der Waals surface area contributed by atoms with Crippen LogP contribution in [-0.2, 0) is 21.1 Å². The summed E-state index contributed by atoms with van der Waals surface area (Å²) in [4.78, 5) is 39.9. The topological polar surface area (TPSA) is 119 Å². The number of hydrogen-bond acceptors (Lipinski definition) is 9. The molecule has 1 fully saturated rings. The lowest BCUT2D eigenvalue weighted by atomic mass is 10.2. The highest BCUT2D eigenvalue weighted by Gasteiger charge is 2.19. The average molecular weight is 605 g/mol. The number of pyridine rings is 1. The fourth-order valence-corrected chi connectivity index (χ4v) is 5.06. The summed E-state index contributed by atoms with van der Waals surface area (Å²) < 4.78 is 12.6. The Morgan fingerprint density at radius 2 is 1.85 bits per heavy atom. The van der Waals surface area contributed by atoms with Crippen molar-refractivity contribution in [2.75, 3.05) is 57.3 Å². The fraction of sp³-hybridized carbons (Fsp3) is 0.414. The molecule has 1 aliphatic rings. The van der Waals surface area contributed by atoms with Gasteiger partial charge >= 0.3 is 5.97 Å². The van der Waals surface area contributed by atoms with Crippen molar-refractivity contribution >= 4 is 52.0 Å². The maximum absolute atomic E-state index is 12.5. The molecule has 4 rings (SSSR count). The third-order valence-corrected chi connectivity index (χ3v) is 7.73. The molecule has 0 spiro atoms. The van der Waals surface area contributed by atoms with Crippen LogP contribution in [0.1, 0.15) is 12.8 Å². The van der Waals surface area contributed by atoms with Crippen LogP contribution >= 0.6 is 23.2 Å². The Labute approximate surface area is 248 Å². The summed E-state index contributed by atoms with van der Waals surface area (Å²) in [5.41, 5.74) is 6.78. The Kier molecular flexibility index (Phi) is 11.4. The minimum atomic E-state index is -0.696. The van der Waals surface area contributed by atoms with Crippen LogP contribution < -0.4 is 26.2 Å². The van der Waals surface area contributed by atoms with Gasteiger partial charge in [-0.3, -0.25) is 19.1 Å². The lowest BCUT2D eigenvalue weighted by Crippen LogP contribution is -2.46. The van der Waals surface area contributed by atoms with Crippen molar-refractivity contribution in [2.45, 2.75) is 25.6 Å². The van der Waals surface area contributed by atoms with Crippen LogP contribution in [0.2, 0.25) is 10.0 Å². The van der Waals surface area contributed by atoms with Crippen molar-refractivity contribution in [3.05, 3.63) is 68.9 Å². The monoisotopic (exact) mass is 603 g/mol. The number of nitrogens with two attached hydrogens (primary N) is 1. The van der Waals surface area contributed by atoms with Crippen molar-refractivity contribution in [3.63, 3.8) is 0 Å². The van der Waals surface area contributed by atoms with Gasteiger partial charge in [0.15, 0.2) is 6.73 Å². The molecule has 3 N–H and O–H groups in total. The number of aldehydes is 1. The van der Waals surface area contributed by atoms with Crippen LogP contribution in [0.25, 0.3) is 10.9 Å². The maximum Gasteiger partial charge on any atom is 0.321 e. The van der Waals surface area contributed by atoms with E-state index >= 15 is 0 Å². The predicted molar refractivity (Wildman–Crippen MR) is 161 cm³/mol. The highest BCUT2D eigenvalue weighted by molar-refractivity contribution is 6.43. The molecule has 220 valence electrons. The van der Waals surface area contributed by atoms with E-state index in [1.165, 1.54) is 10.6 Å². The number of nitrogens with one attached hydrogen (secondary N) is 1. The van der Waals surface area contributed by atoms with Crippen molar-refractivity contribution in [1.82, 2.24) is 14.8 Å². The second-order valence-corrected chi connectivity index (χ2v) is 10.6. The van der Waals surface area contributed by atoms with E-state index in [1.807, 2.05) is 24.3 Å². The summed E-state index contributed by atoms with van der Waals surface area (Å²) in [5.74, 6) is 0.0776. The minimum Gasteiger partial charge on any atom is -0.494 e. The van der Waals surface area contributed by atoms with Crippen LogP contribution in [0, 0.1) is 0 Å². The molecular formula is C29H35Cl2N5O5. The third kappa shape index (κ3) is 8.67. The van der Waals surface area contributed by atoms with Gasteiger partial charge in [0, 0.05) is 44.9 Å². The number of halogens is 2. The zero-order valence-corrected chi connectivity index (χ0v) is 24.3. The molecule has 0 saturated carbocycles. The number of fused-ring (bicyclic) bond motifs is 1. The molecule has 1 aromatic heterocycles. The first-order valence-electron chi connectivity index (χ1n) is 13.6. The molecule has 1 saturated heterocycles. The number of esters is 1. The summed E-state index contributed by atoms with van der Waals surface area (Å²) in [6.07, 6.45) is 2.48. The van der Waals surface area contributed by atoms with Crippen molar-refractivity contribution in [1.29, 1.82) is 0 Å². The van der Waals surface area contributed by atoms with E-state index in [-0.39, 0.29) is 25.4 Å². The number of benzene rings is 2. The molecule has 1 atom stereocenters. The number of hydrogen-bond donors (Lipinski definition) is 2. The summed E-state index contributed by atoms with van der Waals surface area (Å²) >= 11 is 12.6. The molecular weight excluding hydrogens is 569 g/mol. The van der Waals surface area contributed by atoms with Crippen LogP contribution in [0.5, 0.6) is 5.75 Å². The SMILES string of the molecule is NC(C=O)CNCC(=O)OCn1c(=O)ccc2ccc(OCCCCN3CCN(c4cccc(Cl)c4Cl)CC3)cc21. The van der Waals surface area contributed by atoms with E-state index < -0.39 is 12.0 Å². The zero-order valence-electron chi connectivity index (χ0n) is 22.8. The summed E-state index contributed by atoms with van der Waals surface area (Å²) in [5, 5.41) is 4.75. The molecule has 2 aromatic carbocycles. The largest absolute Gasteiger partial charge is 0.494 e. The minimum absolute atomic E-state index is 0.124. The molecule has 1 unspecified atom stereocenters. The van der Waals surface area contributed by atoms with Gasteiger partial charge in [-0.25, -0.2) is 0 Å². The van der Waals surface area contributed by atoms with Crippen LogP contribution in [0.15, 0.2) is 53.3 Å². The van der Waals surface area contributed by atoms with Crippen molar-refractivity contribution < 1.29 is 19.1 Å². The second-order valence-electron chi connectivity index (χ2n) is 9.85. The van der Waals surface area contributed by atoms with Crippen LogP contribution in [-0.4, -0.2) is 80.2 Å². The fourth-order valence-electron chi connectivity index (χ4n) is 4.64. The van der Waals surface area contributed by atoms with Crippen LogP contribution in [0.4, 0.5) is 5.69 Å². The third-order valence-electron chi connectivity index (χ3n) is 6.92. The quantitative estimate of drug-likeness (QED) is 0.163. The molecule has 3 aromatic rings. The Hall–Kier alpha value is -3.15. The average Bonchev–Trinajstić information content (AvgIpc) is 2.98. The van der Waals surface area contributed by atoms with Gasteiger partial charge in [0.2, 0.25) is 0 Å². The van der Waals surface area contributed by atoms with E-state index in [4.69, 9.17) is 38.4 Å². The number of aromatic nitrogens is 1. The molecule has 10 nitrogen and oxygen atoms in total. The highest BCUT2D eigenvalue weighted by Crippen LogP contribution is 2.32. The van der Waals surface area contributed by atoms with Gasteiger partial charge in [0.05, 0.1) is 40.4 Å². The van der Waals surface area contributed by atoms with Crippen molar-refractivity contribution in [2.24, 2.45) is 5.73 Å². The number of unbranched alkanes of at least 4 members (excludes halogenated alkanes) is 1. The van der Waals surface area contributed by atoms with Crippen molar-refractivity contribution in [3.8, 4) is 5.75 Å². The molecule has 0 aliphatic carbocycles. The summed E-state index contributed by atoms with van der Waals surface area (Å²) in [6.45, 7) is 5.04. The Bertz CT molecular complexity index is 1390. The van der Waals surface area contributed by atoms with Gasteiger partial charge in [-0.1, -0.05) is 29.3 Å². The molecule has 0 amide bonds. The number of ether oxygens (including phenoxy) is 2. The smallest absolute Gasteiger partial charge is 0.321 e. The molecule has 12 heteroatoms. The standard InChI is InChI=1S/C29H35Cl2N5O5/c30-24-4-3-5-25(29(24)31)35-13-11-34(12-14-35)10-1-2-15-40-23-8-6-21-7-9-27(38)36(26(21)16-23)20-41-28(39)18-33-17-22(32)19-37/h3-9,16,19,22,33H,1-2,10-15,17-18,20,32H2. The first kappa shape index (κ1) is 30.8. The lowest BCUT2D eigenvalue weighted by Gasteiger charge is -2.36. The van der Waals surface area contributed by atoms with E-state index in [1.54, 1.807) is 18.2 Å². The van der Waals surface area contributed by atoms with Gasteiger partial charge in [0.1, 0.15) is 12.0 Å². The second kappa shape index (κ2) is 15.2. The molecule has 2 heterocycles. The number of rotatable bonds is 14. The number of piperazine rings is 1. The lowest BCUT2D eigenvalue weighted by molar-refractivity contribution is -0.146. The van der Waals surface area contributed by atoms with Gasteiger partial charge in [-0.2, -0.15) is 0 Å². The number of anilines is 1. The van der Waals surface area contributed by atoms with E-state index in [9.17, 15) is 14.4 Å². The molecule has 1 aliphatic heterocycles. The zero-order chi connectivity index (χ0) is 29.2. The van der Waals surface area contributed by atoms with Crippen LogP contribution in [0.3, 0.4) is 0 Å². The van der Waals surface area contributed by atoms with E-state index in [0.717, 1.165) is 56.6 Å². The Morgan fingerprint density at radius 3 is 2.63 bits per heavy atom. The number of carbonyl (C=O) groups is 2. The van der Waals surface area contributed by atoms with Gasteiger partial charge < -0.3 is 30.2 Å². The molecule has 0 radical (unpaired) electrons. The Morgan fingerprint density at radius 1 is 1.07 bits per heavy atom. The maximum atomic E-state index is 12.5. The van der Waals surface area contributed by atoms with Gasteiger partial charge in [-0.05, 0) is 55.1 Å². The highest BCUT2D eigenvalue weighted by atomic mass is 35.5. The van der Waals surface area contributed by atoms with E-state index in [2.05, 4.69) is 15.1 Å². The normalized spacial score (nSPS) is 14.7. The molecule has 41 heavy (non-hydrogen) atoms. The predicted octanol–water partition coefficient (Wildman–Crippen LogP) is 2.91. The van der Waals surface area contributed by atoms with Gasteiger partial charge in [-0.15, -0.1) is 0 Å².